The van der Waals surface area contributed by atoms with Crippen molar-refractivity contribution in [3.8, 4) is 11.1 Å². The summed E-state index contributed by atoms with van der Waals surface area (Å²) in [4.78, 5) is 12.3. The van der Waals surface area contributed by atoms with Gasteiger partial charge in [-0.15, -0.1) is 0 Å². The predicted molar refractivity (Wildman–Crippen MR) is 74.7 cm³/mol. The molecule has 0 aliphatic rings. The van der Waals surface area contributed by atoms with Crippen LogP contribution in [0.15, 0.2) is 35.1 Å². The lowest BCUT2D eigenvalue weighted by molar-refractivity contribution is 0.592. The molecule has 1 aromatic heterocycles. The van der Waals surface area contributed by atoms with Crippen molar-refractivity contribution in [3.05, 3.63) is 46.4 Å². The van der Waals surface area contributed by atoms with E-state index in [2.05, 4.69) is 18.9 Å². The highest BCUT2D eigenvalue weighted by Crippen LogP contribution is 2.21. The number of hydrogen-bond acceptors (Lipinski definition) is 1. The van der Waals surface area contributed by atoms with Crippen LogP contribution in [0.4, 0.5) is 0 Å². The summed E-state index contributed by atoms with van der Waals surface area (Å²) >= 11 is 0. The smallest absolute Gasteiger partial charge is 0.274 e. The fourth-order valence-electron chi connectivity index (χ4n) is 2.21. The van der Waals surface area contributed by atoms with Crippen molar-refractivity contribution in [3.63, 3.8) is 0 Å². The number of H-pyrrole nitrogens is 1. The summed E-state index contributed by atoms with van der Waals surface area (Å²) in [5, 5.41) is 3.23. The van der Waals surface area contributed by atoms with Gasteiger partial charge in [0.1, 0.15) is 0 Å². The summed E-state index contributed by atoms with van der Waals surface area (Å²) in [5.41, 5.74) is 2.95. The zero-order valence-electron chi connectivity index (χ0n) is 11.2. The Kier molecular flexibility index (Phi) is 3.70. The van der Waals surface area contributed by atoms with Gasteiger partial charge in [0.15, 0.2) is 0 Å². The van der Waals surface area contributed by atoms with E-state index in [0.717, 1.165) is 23.2 Å². The van der Waals surface area contributed by atoms with E-state index in [0.29, 0.717) is 12.5 Å². The molecule has 0 bridgehead atoms. The highest BCUT2D eigenvalue weighted by molar-refractivity contribution is 5.65. The minimum Gasteiger partial charge on any atom is -0.299 e. The van der Waals surface area contributed by atoms with Crippen molar-refractivity contribution < 1.29 is 0 Å². The van der Waals surface area contributed by atoms with E-state index in [1.54, 1.807) is 4.68 Å². The quantitative estimate of drug-likeness (QED) is 0.882. The van der Waals surface area contributed by atoms with Gasteiger partial charge in [0.2, 0.25) is 0 Å². The van der Waals surface area contributed by atoms with Gasteiger partial charge in [0.05, 0.1) is 5.56 Å². The van der Waals surface area contributed by atoms with Gasteiger partial charge in [-0.1, -0.05) is 44.2 Å². The molecule has 0 fully saturated rings. The maximum atomic E-state index is 12.3. The van der Waals surface area contributed by atoms with Crippen LogP contribution in [0, 0.1) is 5.92 Å². The Bertz CT molecular complexity index is 564. The lowest BCUT2D eigenvalue weighted by Gasteiger charge is -2.05. The number of nitrogens with zero attached hydrogens (tertiary/aromatic N) is 1. The van der Waals surface area contributed by atoms with Gasteiger partial charge in [-0.25, -0.2) is 0 Å². The average Bonchev–Trinajstić information content (AvgIpc) is 2.66. The Morgan fingerprint density at radius 1 is 1.22 bits per heavy atom. The first-order valence-corrected chi connectivity index (χ1v) is 6.50. The molecular formula is C15H20N2O. The third kappa shape index (κ3) is 2.40. The molecule has 3 heteroatoms. The maximum Gasteiger partial charge on any atom is 0.274 e. The second-order valence-corrected chi connectivity index (χ2v) is 4.98. The van der Waals surface area contributed by atoms with Crippen molar-refractivity contribution in [2.45, 2.75) is 33.7 Å². The first kappa shape index (κ1) is 12.7. The van der Waals surface area contributed by atoms with E-state index in [1.807, 2.05) is 37.3 Å². The van der Waals surface area contributed by atoms with Crippen molar-refractivity contribution >= 4 is 0 Å². The van der Waals surface area contributed by atoms with Crippen molar-refractivity contribution in [2.24, 2.45) is 5.92 Å². The number of aryl methyl sites for hydroxylation is 1. The molecule has 0 amide bonds. The summed E-state index contributed by atoms with van der Waals surface area (Å²) in [5.74, 6) is 0.524. The summed E-state index contributed by atoms with van der Waals surface area (Å²) in [6.45, 7) is 6.98. The first-order valence-electron chi connectivity index (χ1n) is 6.50. The fourth-order valence-corrected chi connectivity index (χ4v) is 2.21. The van der Waals surface area contributed by atoms with Crippen LogP contribution >= 0.6 is 0 Å². The fraction of sp³-hybridized carbons (Fsp3) is 0.400. The maximum absolute atomic E-state index is 12.3. The topological polar surface area (TPSA) is 37.8 Å². The Balaban J connectivity index is 2.57. The molecule has 18 heavy (non-hydrogen) atoms. The average molecular weight is 244 g/mol. The summed E-state index contributed by atoms with van der Waals surface area (Å²) in [6.07, 6.45) is 0.895. The summed E-state index contributed by atoms with van der Waals surface area (Å²) in [6, 6.07) is 9.90. The van der Waals surface area contributed by atoms with Gasteiger partial charge in [-0.05, 0) is 24.8 Å². The van der Waals surface area contributed by atoms with E-state index in [-0.39, 0.29) is 5.56 Å². The third-order valence-electron chi connectivity index (χ3n) is 3.02. The van der Waals surface area contributed by atoms with Gasteiger partial charge in [0.25, 0.3) is 5.56 Å². The van der Waals surface area contributed by atoms with E-state index in [1.165, 1.54) is 0 Å². The molecule has 2 aromatic rings. The van der Waals surface area contributed by atoms with Crippen molar-refractivity contribution in [2.75, 3.05) is 0 Å². The largest absolute Gasteiger partial charge is 0.299 e. The van der Waals surface area contributed by atoms with Gasteiger partial charge in [0, 0.05) is 12.2 Å². The zero-order chi connectivity index (χ0) is 13.1. The molecular weight excluding hydrogens is 224 g/mol. The minimum atomic E-state index is 0.0827. The van der Waals surface area contributed by atoms with Gasteiger partial charge >= 0.3 is 0 Å². The van der Waals surface area contributed by atoms with E-state index >= 15 is 0 Å². The molecule has 96 valence electrons. The normalized spacial score (nSPS) is 11.1. The lowest BCUT2D eigenvalue weighted by Crippen LogP contribution is -2.16. The van der Waals surface area contributed by atoms with Crippen LogP contribution in [0.5, 0.6) is 0 Å². The van der Waals surface area contributed by atoms with E-state index < -0.39 is 0 Å². The standard InChI is InChI=1S/C15H20N2O/c1-4-17-15(18)14(12-8-6-5-7-9-12)13(16-17)10-11(2)3/h5-9,11,16H,4,10H2,1-3H3. The molecule has 0 saturated heterocycles. The number of aromatic amines is 1. The molecule has 0 aliphatic carbocycles. The predicted octanol–water partition coefficient (Wildman–Crippen LogP) is 3.06. The van der Waals surface area contributed by atoms with Crippen molar-refractivity contribution in [1.29, 1.82) is 0 Å². The van der Waals surface area contributed by atoms with Crippen LogP contribution in [-0.4, -0.2) is 9.78 Å². The SMILES string of the molecule is CCn1[nH]c(CC(C)C)c(-c2ccccc2)c1=O. The Morgan fingerprint density at radius 2 is 1.89 bits per heavy atom. The molecule has 0 spiro atoms. The molecule has 1 heterocycles. The van der Waals surface area contributed by atoms with Crippen LogP contribution < -0.4 is 5.56 Å². The van der Waals surface area contributed by atoms with Crippen LogP contribution in [0.2, 0.25) is 0 Å². The minimum absolute atomic E-state index is 0.0827. The molecule has 1 N–H and O–H groups in total. The van der Waals surface area contributed by atoms with Crippen LogP contribution in [-0.2, 0) is 13.0 Å². The first-order chi connectivity index (χ1) is 8.63. The summed E-state index contributed by atoms with van der Waals surface area (Å²) < 4.78 is 1.68. The second kappa shape index (κ2) is 5.25. The molecule has 0 radical (unpaired) electrons. The number of rotatable bonds is 4. The summed E-state index contributed by atoms with van der Waals surface area (Å²) in [7, 11) is 0. The lowest BCUT2D eigenvalue weighted by atomic mass is 10.0. The molecule has 0 atom stereocenters. The molecule has 0 unspecified atom stereocenters. The number of nitrogens with one attached hydrogen (secondary N) is 1. The molecule has 0 saturated carbocycles. The number of hydrogen-bond donors (Lipinski definition) is 1. The Morgan fingerprint density at radius 3 is 2.44 bits per heavy atom. The van der Waals surface area contributed by atoms with E-state index in [9.17, 15) is 4.79 Å². The van der Waals surface area contributed by atoms with Crippen LogP contribution in [0.3, 0.4) is 0 Å². The molecule has 1 aromatic carbocycles. The van der Waals surface area contributed by atoms with E-state index in [4.69, 9.17) is 0 Å². The molecule has 0 aliphatic heterocycles. The highest BCUT2D eigenvalue weighted by atomic mass is 16.1. The van der Waals surface area contributed by atoms with Gasteiger partial charge in [-0.2, -0.15) is 0 Å². The zero-order valence-corrected chi connectivity index (χ0v) is 11.2. The Hall–Kier alpha value is -1.77. The Labute approximate surface area is 107 Å². The number of aromatic nitrogens is 2. The third-order valence-corrected chi connectivity index (χ3v) is 3.02. The second-order valence-electron chi connectivity index (χ2n) is 4.98. The van der Waals surface area contributed by atoms with Crippen LogP contribution in [0.1, 0.15) is 26.5 Å². The van der Waals surface area contributed by atoms with Gasteiger partial charge < -0.3 is 0 Å². The highest BCUT2D eigenvalue weighted by Gasteiger charge is 2.15. The molecule has 3 nitrogen and oxygen atoms in total. The van der Waals surface area contributed by atoms with Crippen molar-refractivity contribution in [1.82, 2.24) is 9.78 Å². The monoisotopic (exact) mass is 244 g/mol. The molecule has 2 rings (SSSR count). The van der Waals surface area contributed by atoms with Gasteiger partial charge in [-0.3, -0.25) is 14.6 Å². The van der Waals surface area contributed by atoms with Crippen LogP contribution in [0.25, 0.3) is 11.1 Å². The number of benzene rings is 1.